The molecule has 0 fully saturated rings. The predicted octanol–water partition coefficient (Wildman–Crippen LogP) is 3.43. The first-order valence-corrected chi connectivity index (χ1v) is 6.35. The summed E-state index contributed by atoms with van der Waals surface area (Å²) in [6, 6.07) is 14.8. The summed E-state index contributed by atoms with van der Waals surface area (Å²) in [4.78, 5) is 0. The number of benzene rings is 2. The van der Waals surface area contributed by atoms with Crippen LogP contribution in [0.1, 0.15) is 11.1 Å². The van der Waals surface area contributed by atoms with Gasteiger partial charge in [-0.05, 0) is 35.7 Å². The van der Waals surface area contributed by atoms with Crippen LogP contribution in [-0.4, -0.2) is 13.7 Å². The SMILES string of the molecule is COc1ccc2c(c1-c1ccccc1)CNCC2.Cl. The van der Waals surface area contributed by atoms with Gasteiger partial charge in [-0.3, -0.25) is 0 Å². The van der Waals surface area contributed by atoms with Gasteiger partial charge in [-0.2, -0.15) is 0 Å². The molecule has 2 aromatic rings. The first kappa shape index (κ1) is 13.9. The highest BCUT2D eigenvalue weighted by Gasteiger charge is 2.17. The van der Waals surface area contributed by atoms with E-state index in [-0.39, 0.29) is 12.4 Å². The summed E-state index contributed by atoms with van der Waals surface area (Å²) >= 11 is 0. The largest absolute Gasteiger partial charge is 0.496 e. The summed E-state index contributed by atoms with van der Waals surface area (Å²) in [5, 5.41) is 3.45. The molecule has 0 aromatic heterocycles. The van der Waals surface area contributed by atoms with E-state index in [1.165, 1.54) is 22.3 Å². The van der Waals surface area contributed by atoms with Crippen molar-refractivity contribution < 1.29 is 4.74 Å². The van der Waals surface area contributed by atoms with Gasteiger partial charge in [0.2, 0.25) is 0 Å². The smallest absolute Gasteiger partial charge is 0.127 e. The molecule has 0 radical (unpaired) electrons. The first-order valence-electron chi connectivity index (χ1n) is 6.35. The summed E-state index contributed by atoms with van der Waals surface area (Å²) in [5.74, 6) is 0.962. The topological polar surface area (TPSA) is 21.3 Å². The molecule has 0 bridgehead atoms. The van der Waals surface area contributed by atoms with Crippen LogP contribution >= 0.6 is 12.4 Å². The van der Waals surface area contributed by atoms with Crippen LogP contribution in [-0.2, 0) is 13.0 Å². The van der Waals surface area contributed by atoms with Crippen molar-refractivity contribution in [2.75, 3.05) is 13.7 Å². The lowest BCUT2D eigenvalue weighted by Crippen LogP contribution is -2.24. The van der Waals surface area contributed by atoms with Crippen molar-refractivity contribution in [3.8, 4) is 16.9 Å². The molecule has 0 atom stereocenters. The highest BCUT2D eigenvalue weighted by atomic mass is 35.5. The normalized spacial score (nSPS) is 13.3. The van der Waals surface area contributed by atoms with Crippen molar-refractivity contribution in [1.29, 1.82) is 0 Å². The summed E-state index contributed by atoms with van der Waals surface area (Å²) in [6.45, 7) is 1.99. The van der Waals surface area contributed by atoms with E-state index in [1.807, 2.05) is 6.07 Å². The number of rotatable bonds is 2. The summed E-state index contributed by atoms with van der Waals surface area (Å²) in [5.41, 5.74) is 5.29. The molecule has 0 saturated carbocycles. The highest BCUT2D eigenvalue weighted by molar-refractivity contribution is 5.85. The molecule has 2 aromatic carbocycles. The van der Waals surface area contributed by atoms with Crippen LogP contribution in [0.4, 0.5) is 0 Å². The molecule has 0 spiro atoms. The molecule has 1 aliphatic heterocycles. The maximum absolute atomic E-state index is 5.54. The number of hydrogen-bond donors (Lipinski definition) is 1. The molecular formula is C16H18ClNO. The minimum absolute atomic E-state index is 0. The molecule has 1 aliphatic rings. The average molecular weight is 276 g/mol. The van der Waals surface area contributed by atoms with Gasteiger partial charge in [-0.25, -0.2) is 0 Å². The van der Waals surface area contributed by atoms with Gasteiger partial charge in [-0.15, -0.1) is 12.4 Å². The molecule has 0 unspecified atom stereocenters. The van der Waals surface area contributed by atoms with E-state index in [0.717, 1.165) is 25.3 Å². The summed E-state index contributed by atoms with van der Waals surface area (Å²) in [6.07, 6.45) is 1.10. The third-order valence-corrected chi connectivity index (χ3v) is 3.53. The van der Waals surface area contributed by atoms with Crippen LogP contribution in [0.3, 0.4) is 0 Å². The van der Waals surface area contributed by atoms with E-state index in [1.54, 1.807) is 7.11 Å². The zero-order valence-corrected chi connectivity index (χ0v) is 11.8. The van der Waals surface area contributed by atoms with E-state index in [0.29, 0.717) is 0 Å². The number of halogens is 1. The van der Waals surface area contributed by atoms with Gasteiger partial charge in [0.15, 0.2) is 0 Å². The zero-order valence-electron chi connectivity index (χ0n) is 11.0. The fraction of sp³-hybridized carbons (Fsp3) is 0.250. The number of nitrogens with one attached hydrogen (secondary N) is 1. The van der Waals surface area contributed by atoms with Gasteiger partial charge in [-0.1, -0.05) is 36.4 Å². The van der Waals surface area contributed by atoms with Gasteiger partial charge in [0.1, 0.15) is 5.75 Å². The Morgan fingerprint density at radius 2 is 1.84 bits per heavy atom. The van der Waals surface area contributed by atoms with Crippen LogP contribution < -0.4 is 10.1 Å². The Bertz CT molecular complexity index is 554. The van der Waals surface area contributed by atoms with Crippen LogP contribution in [0, 0.1) is 0 Å². The lowest BCUT2D eigenvalue weighted by Gasteiger charge is -2.22. The minimum atomic E-state index is 0. The van der Waals surface area contributed by atoms with E-state index >= 15 is 0 Å². The van der Waals surface area contributed by atoms with Crippen molar-refractivity contribution in [2.24, 2.45) is 0 Å². The standard InChI is InChI=1S/C16H17NO.ClH/c1-18-15-8-7-12-9-10-17-11-14(12)16(15)13-5-3-2-4-6-13;/h2-8,17H,9-11H2,1H3;1H. The van der Waals surface area contributed by atoms with Crippen molar-refractivity contribution in [3.63, 3.8) is 0 Å². The molecule has 0 saturated heterocycles. The molecule has 1 heterocycles. The molecule has 0 aliphatic carbocycles. The molecular weight excluding hydrogens is 258 g/mol. The first-order chi connectivity index (χ1) is 8.90. The van der Waals surface area contributed by atoms with Gasteiger partial charge in [0, 0.05) is 12.1 Å². The van der Waals surface area contributed by atoms with Gasteiger partial charge < -0.3 is 10.1 Å². The molecule has 100 valence electrons. The maximum Gasteiger partial charge on any atom is 0.127 e. The predicted molar refractivity (Wildman–Crippen MR) is 81.1 cm³/mol. The van der Waals surface area contributed by atoms with Crippen molar-refractivity contribution in [3.05, 3.63) is 53.6 Å². The van der Waals surface area contributed by atoms with Crippen molar-refractivity contribution in [1.82, 2.24) is 5.32 Å². The van der Waals surface area contributed by atoms with Gasteiger partial charge in [0.25, 0.3) is 0 Å². The fourth-order valence-corrected chi connectivity index (χ4v) is 2.63. The Morgan fingerprint density at radius 1 is 1.05 bits per heavy atom. The van der Waals surface area contributed by atoms with Crippen LogP contribution in [0.2, 0.25) is 0 Å². The fourth-order valence-electron chi connectivity index (χ4n) is 2.63. The van der Waals surface area contributed by atoms with E-state index in [2.05, 4.69) is 41.7 Å². The number of methoxy groups -OCH3 is 1. The van der Waals surface area contributed by atoms with E-state index in [9.17, 15) is 0 Å². The Kier molecular flexibility index (Phi) is 4.46. The highest BCUT2D eigenvalue weighted by Crippen LogP contribution is 2.36. The molecule has 3 heteroatoms. The maximum atomic E-state index is 5.54. The van der Waals surface area contributed by atoms with Crippen molar-refractivity contribution in [2.45, 2.75) is 13.0 Å². The Hall–Kier alpha value is -1.51. The summed E-state index contributed by atoms with van der Waals surface area (Å²) < 4.78 is 5.54. The number of ether oxygens (including phenoxy) is 1. The lowest BCUT2D eigenvalue weighted by molar-refractivity contribution is 0.415. The number of hydrogen-bond acceptors (Lipinski definition) is 2. The van der Waals surface area contributed by atoms with Crippen LogP contribution in [0.5, 0.6) is 5.75 Å². The second-order valence-electron chi connectivity index (χ2n) is 4.57. The van der Waals surface area contributed by atoms with Crippen LogP contribution in [0.25, 0.3) is 11.1 Å². The van der Waals surface area contributed by atoms with E-state index < -0.39 is 0 Å². The number of fused-ring (bicyclic) bond motifs is 1. The molecule has 0 amide bonds. The molecule has 19 heavy (non-hydrogen) atoms. The Balaban J connectivity index is 0.00000133. The van der Waals surface area contributed by atoms with Crippen LogP contribution in [0.15, 0.2) is 42.5 Å². The Morgan fingerprint density at radius 3 is 2.58 bits per heavy atom. The second kappa shape index (κ2) is 6.09. The Labute approximate surface area is 120 Å². The average Bonchev–Trinajstić information content (AvgIpc) is 2.47. The van der Waals surface area contributed by atoms with Gasteiger partial charge >= 0.3 is 0 Å². The third kappa shape index (κ3) is 2.60. The third-order valence-electron chi connectivity index (χ3n) is 3.53. The summed E-state index contributed by atoms with van der Waals surface area (Å²) in [7, 11) is 1.74. The molecule has 3 rings (SSSR count). The monoisotopic (exact) mass is 275 g/mol. The second-order valence-corrected chi connectivity index (χ2v) is 4.57. The minimum Gasteiger partial charge on any atom is -0.496 e. The molecule has 1 N–H and O–H groups in total. The van der Waals surface area contributed by atoms with Gasteiger partial charge in [0.05, 0.1) is 7.11 Å². The molecule has 2 nitrogen and oxygen atoms in total. The van der Waals surface area contributed by atoms with Crippen molar-refractivity contribution >= 4 is 12.4 Å². The van der Waals surface area contributed by atoms with E-state index in [4.69, 9.17) is 4.74 Å². The quantitative estimate of drug-likeness (QED) is 0.907. The lowest BCUT2D eigenvalue weighted by atomic mass is 9.91. The zero-order chi connectivity index (χ0) is 12.4.